The summed E-state index contributed by atoms with van der Waals surface area (Å²) >= 11 is 0. The lowest BCUT2D eigenvalue weighted by atomic mass is 10.5. The molecule has 0 aromatic rings. The van der Waals surface area contributed by atoms with Gasteiger partial charge in [0.05, 0.1) is 13.2 Å². The third kappa shape index (κ3) is 7.02. The van der Waals surface area contributed by atoms with Crippen molar-refractivity contribution in [3.63, 3.8) is 0 Å². The number of aliphatic hydroxyl groups is 1. The number of hydrogen-bond acceptors (Lipinski definition) is 3. The Morgan fingerprint density at radius 3 is 3.00 bits per heavy atom. The zero-order chi connectivity index (χ0) is 8.53. The number of nitrogens with one attached hydrogen (secondary N) is 1. The van der Waals surface area contributed by atoms with E-state index in [1.54, 1.807) is 6.08 Å². The summed E-state index contributed by atoms with van der Waals surface area (Å²) in [6, 6.07) is 0. The molecular weight excluding hydrogens is 146 g/mol. The second kappa shape index (κ2) is 7.24. The van der Waals surface area contributed by atoms with Crippen LogP contribution in [-0.2, 0) is 9.53 Å². The molecule has 0 saturated heterocycles. The fourth-order valence-corrected chi connectivity index (χ4v) is 0.466. The minimum atomic E-state index is -0.196. The first-order valence-corrected chi connectivity index (χ1v) is 3.37. The molecule has 0 radical (unpaired) electrons. The molecule has 0 aliphatic rings. The fourth-order valence-electron chi connectivity index (χ4n) is 0.466. The fraction of sp³-hybridized carbons (Fsp3) is 0.571. The topological polar surface area (TPSA) is 58.6 Å². The smallest absolute Gasteiger partial charge is 0.246 e. The Morgan fingerprint density at radius 2 is 2.45 bits per heavy atom. The van der Waals surface area contributed by atoms with Gasteiger partial charge in [-0.15, -0.1) is 6.58 Å². The van der Waals surface area contributed by atoms with E-state index in [0.29, 0.717) is 6.54 Å². The maximum Gasteiger partial charge on any atom is 0.246 e. The Bertz CT molecular complexity index is 125. The lowest BCUT2D eigenvalue weighted by Crippen LogP contribution is -2.27. The van der Waals surface area contributed by atoms with E-state index in [0.717, 1.165) is 0 Å². The molecule has 0 rings (SSSR count). The number of rotatable bonds is 6. The van der Waals surface area contributed by atoms with E-state index in [-0.39, 0.29) is 25.7 Å². The van der Waals surface area contributed by atoms with Gasteiger partial charge in [-0.3, -0.25) is 4.79 Å². The van der Waals surface area contributed by atoms with Gasteiger partial charge in [0.25, 0.3) is 0 Å². The van der Waals surface area contributed by atoms with Crippen molar-refractivity contribution in [3.8, 4) is 0 Å². The second-order valence-corrected chi connectivity index (χ2v) is 1.87. The van der Waals surface area contributed by atoms with Crippen LogP contribution in [0.3, 0.4) is 0 Å². The molecule has 0 saturated carbocycles. The molecule has 0 unspecified atom stereocenters. The van der Waals surface area contributed by atoms with Crippen LogP contribution >= 0.6 is 0 Å². The van der Waals surface area contributed by atoms with Crippen LogP contribution in [0.4, 0.5) is 0 Å². The Labute approximate surface area is 65.9 Å². The lowest BCUT2D eigenvalue weighted by Gasteiger charge is -2.01. The van der Waals surface area contributed by atoms with E-state index in [1.165, 1.54) is 0 Å². The number of carbonyl (C=O) groups excluding carboxylic acids is 1. The van der Waals surface area contributed by atoms with Gasteiger partial charge in [0.15, 0.2) is 0 Å². The van der Waals surface area contributed by atoms with Crippen molar-refractivity contribution in [2.75, 3.05) is 26.4 Å². The van der Waals surface area contributed by atoms with Crippen LogP contribution in [0.2, 0.25) is 0 Å². The molecule has 0 heterocycles. The summed E-state index contributed by atoms with van der Waals surface area (Å²) < 4.78 is 4.75. The highest BCUT2D eigenvalue weighted by molar-refractivity contribution is 5.77. The van der Waals surface area contributed by atoms with Gasteiger partial charge in [-0.25, -0.2) is 0 Å². The number of carbonyl (C=O) groups is 1. The average molecular weight is 159 g/mol. The Balaban J connectivity index is 3.15. The molecular formula is C7H13NO3. The summed E-state index contributed by atoms with van der Waals surface area (Å²) in [5.41, 5.74) is 0. The highest BCUT2D eigenvalue weighted by Gasteiger charge is 1.96. The van der Waals surface area contributed by atoms with Crippen molar-refractivity contribution in [3.05, 3.63) is 12.7 Å². The summed E-state index contributed by atoms with van der Waals surface area (Å²) in [7, 11) is 0. The quantitative estimate of drug-likeness (QED) is 0.398. The number of hydrogen-bond donors (Lipinski definition) is 2. The molecule has 11 heavy (non-hydrogen) atoms. The van der Waals surface area contributed by atoms with Crippen molar-refractivity contribution >= 4 is 5.91 Å². The molecule has 64 valence electrons. The Hall–Kier alpha value is -0.870. The molecule has 4 heteroatoms. The normalized spacial score (nSPS) is 9.18. The zero-order valence-corrected chi connectivity index (χ0v) is 6.38. The molecule has 0 aliphatic carbocycles. The van der Waals surface area contributed by atoms with E-state index in [9.17, 15) is 4.79 Å². The molecule has 0 aromatic carbocycles. The van der Waals surface area contributed by atoms with E-state index in [4.69, 9.17) is 9.84 Å². The van der Waals surface area contributed by atoms with E-state index in [2.05, 4.69) is 11.9 Å². The zero-order valence-electron chi connectivity index (χ0n) is 6.38. The van der Waals surface area contributed by atoms with Crippen LogP contribution in [0.1, 0.15) is 0 Å². The maximum absolute atomic E-state index is 10.7. The first kappa shape index (κ1) is 10.1. The summed E-state index contributed by atoms with van der Waals surface area (Å²) in [6.07, 6.45) is 1.59. The third-order valence-electron chi connectivity index (χ3n) is 0.912. The lowest BCUT2D eigenvalue weighted by molar-refractivity contribution is -0.125. The van der Waals surface area contributed by atoms with Gasteiger partial charge < -0.3 is 15.2 Å². The summed E-state index contributed by atoms with van der Waals surface area (Å²) in [5.74, 6) is -0.196. The Kier molecular flexibility index (Phi) is 6.67. The van der Waals surface area contributed by atoms with Crippen molar-refractivity contribution in [1.82, 2.24) is 5.32 Å². The first-order valence-electron chi connectivity index (χ1n) is 3.37. The second-order valence-electron chi connectivity index (χ2n) is 1.87. The SMILES string of the molecule is C=CCNC(=O)COCCO. The van der Waals surface area contributed by atoms with E-state index in [1.807, 2.05) is 0 Å². The van der Waals surface area contributed by atoms with Crippen LogP contribution in [0, 0.1) is 0 Å². The third-order valence-corrected chi connectivity index (χ3v) is 0.912. The monoisotopic (exact) mass is 159 g/mol. The minimum Gasteiger partial charge on any atom is -0.394 e. The highest BCUT2D eigenvalue weighted by Crippen LogP contribution is 1.73. The van der Waals surface area contributed by atoms with Crippen LogP contribution < -0.4 is 5.32 Å². The molecule has 0 atom stereocenters. The van der Waals surface area contributed by atoms with Crippen LogP contribution in [0.25, 0.3) is 0 Å². The standard InChI is InChI=1S/C7H13NO3/c1-2-3-8-7(10)6-11-5-4-9/h2,9H,1,3-6H2,(H,8,10). The van der Waals surface area contributed by atoms with Gasteiger partial charge in [0.1, 0.15) is 6.61 Å². The molecule has 2 N–H and O–H groups in total. The van der Waals surface area contributed by atoms with Crippen molar-refractivity contribution in [2.45, 2.75) is 0 Å². The summed E-state index contributed by atoms with van der Waals surface area (Å²) in [5, 5.41) is 10.8. The van der Waals surface area contributed by atoms with E-state index >= 15 is 0 Å². The molecule has 0 aliphatic heterocycles. The van der Waals surface area contributed by atoms with Gasteiger partial charge in [-0.05, 0) is 0 Å². The molecule has 1 amide bonds. The molecule has 0 bridgehead atoms. The predicted octanol–water partition coefficient (Wildman–Crippen LogP) is -0.703. The molecule has 0 aromatic heterocycles. The van der Waals surface area contributed by atoms with Gasteiger partial charge in [0, 0.05) is 6.54 Å². The minimum absolute atomic E-state index is 0.00556. The van der Waals surface area contributed by atoms with E-state index < -0.39 is 0 Å². The first-order chi connectivity index (χ1) is 5.31. The summed E-state index contributed by atoms with van der Waals surface area (Å²) in [4.78, 5) is 10.7. The highest BCUT2D eigenvalue weighted by atomic mass is 16.5. The van der Waals surface area contributed by atoms with Gasteiger partial charge in [-0.2, -0.15) is 0 Å². The van der Waals surface area contributed by atoms with Crippen molar-refractivity contribution < 1.29 is 14.6 Å². The van der Waals surface area contributed by atoms with Crippen LogP contribution in [0.15, 0.2) is 12.7 Å². The van der Waals surface area contributed by atoms with Crippen molar-refractivity contribution in [2.24, 2.45) is 0 Å². The summed E-state index contributed by atoms with van der Waals surface area (Å²) in [6.45, 7) is 4.01. The number of ether oxygens (including phenoxy) is 1. The number of aliphatic hydroxyl groups excluding tert-OH is 1. The molecule has 0 fully saturated rings. The van der Waals surface area contributed by atoms with Gasteiger partial charge >= 0.3 is 0 Å². The van der Waals surface area contributed by atoms with Crippen LogP contribution in [0.5, 0.6) is 0 Å². The maximum atomic E-state index is 10.7. The predicted molar refractivity (Wildman–Crippen MR) is 41.1 cm³/mol. The largest absolute Gasteiger partial charge is 0.394 e. The van der Waals surface area contributed by atoms with Gasteiger partial charge in [0.2, 0.25) is 5.91 Å². The van der Waals surface area contributed by atoms with Crippen LogP contribution in [-0.4, -0.2) is 37.4 Å². The Morgan fingerprint density at radius 1 is 1.73 bits per heavy atom. The molecule has 4 nitrogen and oxygen atoms in total. The average Bonchev–Trinajstić information content (AvgIpc) is 2.01. The molecule has 0 spiro atoms. The number of amides is 1. The van der Waals surface area contributed by atoms with Crippen molar-refractivity contribution in [1.29, 1.82) is 0 Å². The van der Waals surface area contributed by atoms with Gasteiger partial charge in [-0.1, -0.05) is 6.08 Å².